The molecule has 2 N–H and O–H groups in total. The molecule has 35 heavy (non-hydrogen) atoms. The van der Waals surface area contributed by atoms with Gasteiger partial charge in [0.2, 0.25) is 0 Å². The largest absolute Gasteiger partial charge is 0.493 e. The van der Waals surface area contributed by atoms with Gasteiger partial charge in [0, 0.05) is 16.4 Å². The smallest absolute Gasteiger partial charge is 0.266 e. The van der Waals surface area contributed by atoms with Crippen LogP contribution in [0.3, 0.4) is 0 Å². The van der Waals surface area contributed by atoms with Crippen LogP contribution in [0.25, 0.3) is 6.08 Å². The normalized spacial score (nSPS) is 10.8. The lowest BCUT2D eigenvalue weighted by Gasteiger charge is -2.14. The number of amides is 2. The van der Waals surface area contributed by atoms with Crippen molar-refractivity contribution < 1.29 is 19.1 Å². The van der Waals surface area contributed by atoms with Gasteiger partial charge in [-0.15, -0.1) is 0 Å². The number of carbonyl (C=O) groups excluding carboxylic acids is 2. The molecule has 2 amide bonds. The maximum atomic E-state index is 12.5. The fraction of sp³-hybridized carbons (Fsp3) is 0.115. The summed E-state index contributed by atoms with van der Waals surface area (Å²) >= 11 is 9.27. The van der Waals surface area contributed by atoms with Crippen LogP contribution in [0, 0.1) is 18.3 Å². The topological polar surface area (TPSA) is 100 Å². The van der Waals surface area contributed by atoms with Crippen molar-refractivity contribution in [2.75, 3.05) is 24.4 Å². The van der Waals surface area contributed by atoms with Crippen molar-refractivity contribution in [2.24, 2.45) is 0 Å². The van der Waals surface area contributed by atoms with Crippen LogP contribution in [0.2, 0.25) is 5.02 Å². The number of nitriles is 1. The Balaban J connectivity index is 1.74. The lowest BCUT2D eigenvalue weighted by Crippen LogP contribution is -2.21. The molecule has 3 rings (SSSR count). The number of nitrogens with one attached hydrogen (secondary N) is 2. The molecular formula is C26H21BrClN3O4. The Hall–Kier alpha value is -3.80. The molecule has 0 aromatic heterocycles. The maximum absolute atomic E-state index is 12.5. The zero-order valence-corrected chi connectivity index (χ0v) is 21.2. The summed E-state index contributed by atoms with van der Waals surface area (Å²) in [5.41, 5.74) is 2.55. The SMILES string of the molecule is COc1cc(/C=C(/C#N)C(=O)Nc2ccc(Cl)cc2)cc(Br)c1OCC(=O)Nc1ccccc1C. The third kappa shape index (κ3) is 7.09. The molecule has 178 valence electrons. The zero-order chi connectivity index (χ0) is 25.4. The van der Waals surface area contributed by atoms with Crippen molar-refractivity contribution in [3.05, 3.63) is 86.9 Å². The fourth-order valence-electron chi connectivity index (χ4n) is 3.05. The van der Waals surface area contributed by atoms with E-state index in [4.69, 9.17) is 21.1 Å². The molecule has 0 fully saturated rings. The zero-order valence-electron chi connectivity index (χ0n) is 18.9. The molecule has 0 saturated heterocycles. The second kappa shape index (κ2) is 12.1. The van der Waals surface area contributed by atoms with E-state index in [1.54, 1.807) is 42.5 Å². The van der Waals surface area contributed by atoms with Crippen LogP contribution < -0.4 is 20.1 Å². The summed E-state index contributed by atoms with van der Waals surface area (Å²) in [5.74, 6) is -0.264. The van der Waals surface area contributed by atoms with Gasteiger partial charge < -0.3 is 20.1 Å². The molecule has 0 bridgehead atoms. The predicted molar refractivity (Wildman–Crippen MR) is 140 cm³/mol. The summed E-state index contributed by atoms with van der Waals surface area (Å²) in [6.07, 6.45) is 1.42. The molecule has 0 aliphatic rings. The summed E-state index contributed by atoms with van der Waals surface area (Å²) in [6.45, 7) is 1.65. The number of hydrogen-bond acceptors (Lipinski definition) is 5. The average Bonchev–Trinajstić information content (AvgIpc) is 2.84. The quantitative estimate of drug-likeness (QED) is 0.263. The minimum Gasteiger partial charge on any atom is -0.493 e. The molecule has 0 radical (unpaired) electrons. The third-order valence-corrected chi connectivity index (χ3v) is 5.64. The minimum absolute atomic E-state index is 0.111. The first-order valence-corrected chi connectivity index (χ1v) is 11.5. The summed E-state index contributed by atoms with van der Waals surface area (Å²) in [7, 11) is 1.45. The van der Waals surface area contributed by atoms with E-state index in [0.717, 1.165) is 5.56 Å². The Kier molecular flexibility index (Phi) is 8.90. The second-order valence-electron chi connectivity index (χ2n) is 7.32. The summed E-state index contributed by atoms with van der Waals surface area (Å²) < 4.78 is 11.6. The number of halogens is 2. The van der Waals surface area contributed by atoms with Crippen LogP contribution in [-0.2, 0) is 9.59 Å². The van der Waals surface area contributed by atoms with E-state index in [2.05, 4.69) is 26.6 Å². The van der Waals surface area contributed by atoms with Crippen molar-refractivity contribution >= 4 is 56.8 Å². The summed E-state index contributed by atoms with van der Waals surface area (Å²) in [5, 5.41) is 15.5. The molecular weight excluding hydrogens is 534 g/mol. The van der Waals surface area contributed by atoms with Gasteiger partial charge in [-0.25, -0.2) is 0 Å². The Morgan fingerprint density at radius 1 is 1.11 bits per heavy atom. The molecule has 0 atom stereocenters. The molecule has 3 aromatic rings. The summed E-state index contributed by atoms with van der Waals surface area (Å²) in [6, 6.07) is 19.1. The molecule has 0 unspecified atom stereocenters. The van der Waals surface area contributed by atoms with Gasteiger partial charge >= 0.3 is 0 Å². The highest BCUT2D eigenvalue weighted by Crippen LogP contribution is 2.37. The van der Waals surface area contributed by atoms with Gasteiger partial charge in [-0.1, -0.05) is 29.8 Å². The van der Waals surface area contributed by atoms with Crippen LogP contribution >= 0.6 is 27.5 Å². The van der Waals surface area contributed by atoms with Crippen molar-refractivity contribution in [3.8, 4) is 17.6 Å². The molecule has 9 heteroatoms. The third-order valence-electron chi connectivity index (χ3n) is 4.80. The van der Waals surface area contributed by atoms with Gasteiger partial charge in [0.15, 0.2) is 18.1 Å². The molecule has 3 aromatic carbocycles. The molecule has 0 spiro atoms. The highest BCUT2D eigenvalue weighted by atomic mass is 79.9. The molecule has 0 aliphatic heterocycles. The Morgan fingerprint density at radius 3 is 2.49 bits per heavy atom. The molecule has 0 aliphatic carbocycles. The Labute approximate surface area is 216 Å². The second-order valence-corrected chi connectivity index (χ2v) is 8.61. The highest BCUT2D eigenvalue weighted by molar-refractivity contribution is 9.10. The van der Waals surface area contributed by atoms with Crippen LogP contribution in [0.15, 0.2) is 70.7 Å². The van der Waals surface area contributed by atoms with E-state index < -0.39 is 5.91 Å². The number of hydrogen-bond donors (Lipinski definition) is 2. The maximum Gasteiger partial charge on any atom is 0.266 e. The average molecular weight is 555 g/mol. The van der Waals surface area contributed by atoms with Crippen LogP contribution in [0.5, 0.6) is 11.5 Å². The van der Waals surface area contributed by atoms with E-state index >= 15 is 0 Å². The fourth-order valence-corrected chi connectivity index (χ4v) is 3.75. The van der Waals surface area contributed by atoms with Crippen molar-refractivity contribution in [1.29, 1.82) is 5.26 Å². The number of carbonyl (C=O) groups is 2. The van der Waals surface area contributed by atoms with Crippen molar-refractivity contribution in [3.63, 3.8) is 0 Å². The van der Waals surface area contributed by atoms with Gasteiger partial charge in [0.25, 0.3) is 11.8 Å². The van der Waals surface area contributed by atoms with Crippen LogP contribution in [-0.4, -0.2) is 25.5 Å². The Morgan fingerprint density at radius 2 is 1.83 bits per heavy atom. The van der Waals surface area contributed by atoms with Crippen LogP contribution in [0.1, 0.15) is 11.1 Å². The van der Waals surface area contributed by atoms with Gasteiger partial charge in [-0.3, -0.25) is 9.59 Å². The molecule has 7 nitrogen and oxygen atoms in total. The first-order chi connectivity index (χ1) is 16.8. The van der Waals surface area contributed by atoms with E-state index in [1.165, 1.54) is 13.2 Å². The summed E-state index contributed by atoms with van der Waals surface area (Å²) in [4.78, 5) is 24.9. The number of anilines is 2. The number of rotatable bonds is 8. The monoisotopic (exact) mass is 553 g/mol. The number of benzene rings is 3. The van der Waals surface area contributed by atoms with E-state index in [-0.39, 0.29) is 18.1 Å². The lowest BCUT2D eigenvalue weighted by molar-refractivity contribution is -0.118. The standard InChI is InChI=1S/C26H21BrClN3O4/c1-16-5-3-4-6-22(16)31-24(32)15-35-25-21(27)12-17(13-23(25)34-2)11-18(14-29)26(33)30-20-9-7-19(28)8-10-20/h3-13H,15H2,1-2H3,(H,30,33)(H,31,32)/b18-11-. The lowest BCUT2D eigenvalue weighted by atomic mass is 10.1. The van der Waals surface area contributed by atoms with E-state index in [0.29, 0.717) is 37.9 Å². The first kappa shape index (κ1) is 25.8. The number of para-hydroxylation sites is 1. The predicted octanol–water partition coefficient (Wildman–Crippen LogP) is 5.98. The van der Waals surface area contributed by atoms with Gasteiger partial charge in [0.05, 0.1) is 11.6 Å². The van der Waals surface area contributed by atoms with Crippen molar-refractivity contribution in [1.82, 2.24) is 0 Å². The number of ether oxygens (including phenoxy) is 2. The highest BCUT2D eigenvalue weighted by Gasteiger charge is 2.16. The van der Waals surface area contributed by atoms with Gasteiger partial charge in [0.1, 0.15) is 11.6 Å². The van der Waals surface area contributed by atoms with Gasteiger partial charge in [-0.2, -0.15) is 5.26 Å². The molecule has 0 saturated carbocycles. The number of nitrogens with zero attached hydrogens (tertiary/aromatic N) is 1. The Bertz CT molecular complexity index is 1320. The van der Waals surface area contributed by atoms with E-state index in [9.17, 15) is 14.9 Å². The minimum atomic E-state index is -0.571. The van der Waals surface area contributed by atoms with Crippen LogP contribution in [0.4, 0.5) is 11.4 Å². The van der Waals surface area contributed by atoms with Gasteiger partial charge in [-0.05, 0) is 82.5 Å². The van der Waals surface area contributed by atoms with E-state index in [1.807, 2.05) is 31.2 Å². The first-order valence-electron chi connectivity index (χ1n) is 10.3. The number of aryl methyl sites for hydroxylation is 1. The van der Waals surface area contributed by atoms with Crippen molar-refractivity contribution in [2.45, 2.75) is 6.92 Å². The number of methoxy groups -OCH3 is 1. The molecule has 0 heterocycles.